The highest BCUT2D eigenvalue weighted by molar-refractivity contribution is 7.80. The number of hydrogen-bond donors (Lipinski definition) is 2. The molecule has 2 heterocycles. The van der Waals surface area contributed by atoms with Crippen LogP contribution in [0.5, 0.6) is 11.5 Å². The van der Waals surface area contributed by atoms with Gasteiger partial charge in [0.2, 0.25) is 5.91 Å². The Morgan fingerprint density at radius 1 is 1.14 bits per heavy atom. The molecule has 3 aromatic carbocycles. The van der Waals surface area contributed by atoms with Crippen molar-refractivity contribution in [2.24, 2.45) is 5.73 Å². The van der Waals surface area contributed by atoms with E-state index < -0.39 is 12.0 Å². The lowest BCUT2D eigenvalue weighted by atomic mass is 10.1. The van der Waals surface area contributed by atoms with Crippen LogP contribution in [-0.4, -0.2) is 46.6 Å². The second kappa shape index (κ2) is 10.7. The summed E-state index contributed by atoms with van der Waals surface area (Å²) < 4.78 is 14.5. The van der Waals surface area contributed by atoms with Gasteiger partial charge in [-0.3, -0.25) is 9.36 Å². The second-order valence-electron chi connectivity index (χ2n) is 9.35. The molecule has 1 atom stereocenters. The number of fused-ring (bicyclic) bond motifs is 1. The maximum Gasteiger partial charge on any atom is 0.250 e. The summed E-state index contributed by atoms with van der Waals surface area (Å²) in [6, 6.07) is 17.0. The second-order valence-corrected chi connectivity index (χ2v) is 10.2. The van der Waals surface area contributed by atoms with Gasteiger partial charge in [0.25, 0.3) is 0 Å². The van der Waals surface area contributed by atoms with Gasteiger partial charge in [0.15, 0.2) is 0 Å². The van der Waals surface area contributed by atoms with Gasteiger partial charge in [-0.25, -0.2) is 4.98 Å². The molecule has 0 aliphatic carbocycles. The predicted octanol–water partition coefficient (Wildman–Crippen LogP) is 5.68. The van der Waals surface area contributed by atoms with E-state index in [0.29, 0.717) is 27.1 Å². The van der Waals surface area contributed by atoms with E-state index in [2.05, 4.69) is 29.6 Å². The van der Waals surface area contributed by atoms with Crippen molar-refractivity contribution < 1.29 is 14.3 Å². The van der Waals surface area contributed by atoms with Gasteiger partial charge in [-0.2, -0.15) is 0 Å². The van der Waals surface area contributed by atoms with E-state index in [1.54, 1.807) is 12.4 Å². The maximum absolute atomic E-state index is 12.3. The number of benzene rings is 3. The molecule has 0 bridgehead atoms. The summed E-state index contributed by atoms with van der Waals surface area (Å²) in [5, 5.41) is 0.515. The number of rotatable bonds is 7. The molecule has 4 aromatic rings. The van der Waals surface area contributed by atoms with Gasteiger partial charge in [-0.1, -0.05) is 35.9 Å². The quantitative estimate of drug-likeness (QED) is 0.297. The van der Waals surface area contributed by atoms with Crippen molar-refractivity contribution in [1.82, 2.24) is 14.5 Å². The van der Waals surface area contributed by atoms with Crippen LogP contribution in [0, 0.1) is 0 Å². The molecule has 1 aliphatic rings. The molecule has 1 aliphatic heterocycles. The standard InChI is InChI=1S/C28H29ClN4O3S/c1-17(20-6-5-9-24(26(20)29)36-19-10-12-32(2)13-11-19)35-25-15-18(14-21(27(25)37)28(30)34)33-16-31-22-7-3-4-8-23(22)33/h3-9,14-17,19,37H,10-13H2,1-2H3,(H2,30,34)/t17-/m1/s1. The molecule has 0 unspecified atom stereocenters. The Morgan fingerprint density at radius 2 is 1.89 bits per heavy atom. The normalized spacial score (nSPS) is 15.6. The highest BCUT2D eigenvalue weighted by atomic mass is 35.5. The molecule has 1 amide bonds. The van der Waals surface area contributed by atoms with Crippen LogP contribution in [-0.2, 0) is 0 Å². The Balaban J connectivity index is 1.45. The summed E-state index contributed by atoms with van der Waals surface area (Å²) in [6.45, 7) is 3.89. The highest BCUT2D eigenvalue weighted by Crippen LogP contribution is 2.38. The van der Waals surface area contributed by atoms with Crippen LogP contribution in [0.2, 0.25) is 5.02 Å². The number of amides is 1. The Morgan fingerprint density at radius 3 is 2.65 bits per heavy atom. The zero-order valence-corrected chi connectivity index (χ0v) is 22.4. The highest BCUT2D eigenvalue weighted by Gasteiger charge is 2.23. The van der Waals surface area contributed by atoms with E-state index >= 15 is 0 Å². The summed E-state index contributed by atoms with van der Waals surface area (Å²) in [5.74, 6) is 0.463. The lowest BCUT2D eigenvalue weighted by molar-refractivity contribution is 0.0996. The smallest absolute Gasteiger partial charge is 0.250 e. The number of ether oxygens (including phenoxy) is 2. The fraction of sp³-hybridized carbons (Fsp3) is 0.286. The first-order chi connectivity index (χ1) is 17.8. The molecule has 1 aromatic heterocycles. The van der Waals surface area contributed by atoms with Crippen LogP contribution >= 0.6 is 24.2 Å². The van der Waals surface area contributed by atoms with Crippen molar-refractivity contribution in [2.75, 3.05) is 20.1 Å². The number of halogens is 1. The van der Waals surface area contributed by atoms with Gasteiger partial charge in [0.1, 0.15) is 30.0 Å². The van der Waals surface area contributed by atoms with Crippen molar-refractivity contribution in [3.63, 3.8) is 0 Å². The first kappa shape index (κ1) is 25.4. The number of aromatic nitrogens is 2. The summed E-state index contributed by atoms with van der Waals surface area (Å²) in [5.41, 5.74) is 9.14. The zero-order chi connectivity index (χ0) is 26.1. The Bertz CT molecular complexity index is 1450. The molecule has 9 heteroatoms. The van der Waals surface area contributed by atoms with Crippen molar-refractivity contribution in [2.45, 2.75) is 36.9 Å². The molecule has 0 saturated carbocycles. The zero-order valence-electron chi connectivity index (χ0n) is 20.7. The van der Waals surface area contributed by atoms with Crippen LogP contribution in [0.3, 0.4) is 0 Å². The molecule has 37 heavy (non-hydrogen) atoms. The van der Waals surface area contributed by atoms with E-state index in [0.717, 1.165) is 42.5 Å². The van der Waals surface area contributed by atoms with Crippen molar-refractivity contribution in [3.05, 3.63) is 77.1 Å². The van der Waals surface area contributed by atoms with Crippen molar-refractivity contribution >= 4 is 41.2 Å². The minimum absolute atomic E-state index is 0.129. The van der Waals surface area contributed by atoms with Gasteiger partial charge in [-0.15, -0.1) is 12.6 Å². The molecule has 0 radical (unpaired) electrons. The SMILES string of the molecule is C[C@@H](Oc1cc(-n2cnc3ccccc32)cc(C(N)=O)c1S)c1cccc(OC2CCN(C)CC2)c1Cl. The minimum Gasteiger partial charge on any atom is -0.489 e. The molecule has 7 nitrogen and oxygen atoms in total. The van der Waals surface area contributed by atoms with Gasteiger partial charge in [-0.05, 0) is 51.1 Å². The third kappa shape index (κ3) is 5.28. The van der Waals surface area contributed by atoms with Crippen LogP contribution < -0.4 is 15.2 Å². The number of thiol groups is 1. The number of para-hydroxylation sites is 2. The average Bonchev–Trinajstić information content (AvgIpc) is 3.32. The van der Waals surface area contributed by atoms with Crippen molar-refractivity contribution in [3.8, 4) is 17.2 Å². The topological polar surface area (TPSA) is 82.6 Å². The first-order valence-electron chi connectivity index (χ1n) is 12.2. The molecular formula is C28H29ClN4O3S. The number of nitrogens with zero attached hydrogens (tertiary/aromatic N) is 3. The third-order valence-electron chi connectivity index (χ3n) is 6.75. The summed E-state index contributed by atoms with van der Waals surface area (Å²) in [6.07, 6.45) is 3.30. The van der Waals surface area contributed by atoms with Gasteiger partial charge < -0.3 is 20.1 Å². The molecule has 0 spiro atoms. The van der Waals surface area contributed by atoms with Gasteiger partial charge >= 0.3 is 0 Å². The van der Waals surface area contributed by atoms with E-state index in [9.17, 15) is 4.79 Å². The van der Waals surface area contributed by atoms with E-state index in [1.807, 2.05) is 60.0 Å². The minimum atomic E-state index is -0.597. The molecule has 192 valence electrons. The lowest BCUT2D eigenvalue weighted by Gasteiger charge is -2.30. The van der Waals surface area contributed by atoms with Gasteiger partial charge in [0, 0.05) is 24.7 Å². The van der Waals surface area contributed by atoms with E-state index in [4.69, 9.17) is 26.8 Å². The van der Waals surface area contributed by atoms with Crippen LogP contribution in [0.25, 0.3) is 16.7 Å². The van der Waals surface area contributed by atoms with E-state index in [-0.39, 0.29) is 11.7 Å². The van der Waals surface area contributed by atoms with E-state index in [1.165, 1.54) is 0 Å². The van der Waals surface area contributed by atoms with Crippen LogP contribution in [0.15, 0.2) is 65.8 Å². The largest absolute Gasteiger partial charge is 0.489 e. The summed E-state index contributed by atoms with van der Waals surface area (Å²) in [7, 11) is 2.12. The first-order valence-corrected chi connectivity index (χ1v) is 13.0. The Kier molecular flexibility index (Phi) is 7.33. The number of hydrogen-bond acceptors (Lipinski definition) is 6. The molecule has 1 saturated heterocycles. The third-order valence-corrected chi connectivity index (χ3v) is 7.62. The number of likely N-dealkylation sites (tertiary alicyclic amines) is 1. The number of nitrogens with two attached hydrogens (primary N) is 1. The number of primary amides is 1. The molecule has 5 rings (SSSR count). The maximum atomic E-state index is 12.3. The fourth-order valence-corrected chi connectivity index (χ4v) is 5.26. The number of carbonyl (C=O) groups excluding carboxylic acids is 1. The monoisotopic (exact) mass is 536 g/mol. The Labute approximate surface area is 226 Å². The number of imidazole rings is 1. The van der Waals surface area contributed by atoms with Gasteiger partial charge in [0.05, 0.1) is 32.2 Å². The number of carbonyl (C=O) groups is 1. The fourth-order valence-electron chi connectivity index (χ4n) is 4.64. The van der Waals surface area contributed by atoms with Crippen molar-refractivity contribution in [1.29, 1.82) is 0 Å². The average molecular weight is 537 g/mol. The Hall–Kier alpha value is -3.20. The predicted molar refractivity (Wildman–Crippen MR) is 148 cm³/mol. The summed E-state index contributed by atoms with van der Waals surface area (Å²) in [4.78, 5) is 19.4. The summed E-state index contributed by atoms with van der Waals surface area (Å²) >= 11 is 11.4. The number of piperidine rings is 1. The van der Waals surface area contributed by atoms with Crippen LogP contribution in [0.4, 0.5) is 0 Å². The molecule has 2 N–H and O–H groups in total. The lowest BCUT2D eigenvalue weighted by Crippen LogP contribution is -2.35. The molecular weight excluding hydrogens is 508 g/mol. The van der Waals surface area contributed by atoms with Crippen LogP contribution in [0.1, 0.15) is 41.8 Å². The molecule has 1 fully saturated rings.